The third-order valence-electron chi connectivity index (χ3n) is 22.6. The Morgan fingerprint density at radius 2 is 0.795 bits per heavy atom. The number of amides is 4. The Hall–Kier alpha value is -15.3. The summed E-state index contributed by atoms with van der Waals surface area (Å²) in [6.45, 7) is 22.1. The Morgan fingerprint density at radius 1 is 0.425 bits per heavy atom. The van der Waals surface area contributed by atoms with Crippen LogP contribution in [0.15, 0.2) is 248 Å². The summed E-state index contributed by atoms with van der Waals surface area (Å²) in [7, 11) is 0. The van der Waals surface area contributed by atoms with E-state index < -0.39 is 11.9 Å². The highest BCUT2D eigenvalue weighted by Crippen LogP contribution is 2.41. The van der Waals surface area contributed by atoms with Crippen LogP contribution in [0.4, 0.5) is 36.4 Å². The van der Waals surface area contributed by atoms with E-state index in [1.165, 1.54) is 27.6 Å². The third-order valence-corrected chi connectivity index (χ3v) is 22.6. The smallest absolute Gasteiger partial charge is 0.421 e. The van der Waals surface area contributed by atoms with Gasteiger partial charge in [0.25, 0.3) is 0 Å². The van der Waals surface area contributed by atoms with Crippen LogP contribution in [0.2, 0.25) is 0 Å². The Bertz CT molecular complexity index is 6620. The summed E-state index contributed by atoms with van der Waals surface area (Å²) < 4.78 is 46.9. The summed E-state index contributed by atoms with van der Waals surface area (Å²) >= 11 is 0. The van der Waals surface area contributed by atoms with Gasteiger partial charge in [0.1, 0.15) is 23.3 Å². The number of anilines is 4. The van der Waals surface area contributed by atoms with Crippen molar-refractivity contribution >= 4 is 46.9 Å². The number of fused-ring (bicyclic) bond motifs is 4. The summed E-state index contributed by atoms with van der Waals surface area (Å²) in [5.74, 6) is 7.53. The highest BCUT2D eigenvalue weighted by molar-refractivity contribution is 6.03. The topological polar surface area (TPSA) is 296 Å². The van der Waals surface area contributed by atoms with Crippen molar-refractivity contribution in [3.8, 4) is 74.4 Å². The van der Waals surface area contributed by atoms with Crippen LogP contribution in [0.5, 0.6) is 0 Å². The Balaban J connectivity index is 0.000000125. The van der Waals surface area contributed by atoms with Crippen molar-refractivity contribution in [1.29, 1.82) is 5.26 Å². The second kappa shape index (κ2) is 36.7. The van der Waals surface area contributed by atoms with E-state index in [-0.39, 0.29) is 36.1 Å². The van der Waals surface area contributed by atoms with Gasteiger partial charge in [0, 0.05) is 88.0 Å². The number of alkyl halides is 3. The fourth-order valence-corrected chi connectivity index (χ4v) is 15.9. The minimum absolute atomic E-state index is 0.0166. The third kappa shape index (κ3) is 18.5. The highest BCUT2D eigenvalue weighted by atomic mass is 19.4. The standard InChI is InChI=1S/C26H22F3N5O.C25H24N6O.C25H23N5O2.C23H20N4O/c1-16(2)20-5-3-4-6-21(20)24-30-14-18-13-23(35)33(25(18)31-24)15-17-7-9-19(10-8-17)34-12-11-22(32-34)26(27,28)29;1-16(2)21-6-4-5-7-22(21)24-26-15-19-14-23(32)31(25(19)28-24)17(3)18-8-10-20(11-9-18)30-13-12-27-29-30;1-15(2)20-6-4-5-7-21(20)23-26-13-19-12-22(31)30(24(19)27-23)14-17-8-10-18(11-9-17)25-29-28-16(3)32-25;1-15(2)19-5-3-4-6-20(19)22-25-13-18-11-21(28)27(23(18)26-22)14-17-9-7-16(12-24)8-10-17/h3-12,14,16H,13,15H2,1-2H3;4-13,15-17H,14H2,1-3H3;4-11,13,15H,12,14H2,1-3H3;3-10,13,15H,11,14H2,1-2H3/t;17-;;/m.1../s1. The number of aryl methyl sites for hydroxylation is 1. The average Bonchev–Trinajstić information content (AvgIpc) is 1.65. The van der Waals surface area contributed by atoms with E-state index >= 15 is 0 Å². The Morgan fingerprint density at radius 3 is 1.17 bits per heavy atom. The average molecular weight is 1700 g/mol. The van der Waals surface area contributed by atoms with E-state index in [0.29, 0.717) is 132 Å². The summed E-state index contributed by atoms with van der Waals surface area (Å²) in [4.78, 5) is 95.4. The number of benzene rings is 8. The van der Waals surface area contributed by atoms with Crippen LogP contribution in [-0.2, 0) is 70.7 Å². The first kappa shape index (κ1) is 85.3. The molecular weight excluding hydrogens is 1610 g/mol. The predicted octanol–water partition coefficient (Wildman–Crippen LogP) is 19.0. The lowest BCUT2D eigenvalue weighted by atomic mass is 9.97. The minimum atomic E-state index is -4.49. The second-order valence-electron chi connectivity index (χ2n) is 32.6. The van der Waals surface area contributed by atoms with Crippen molar-refractivity contribution in [1.82, 2.24) is 74.8 Å². The van der Waals surface area contributed by atoms with E-state index in [2.05, 4.69) is 131 Å². The van der Waals surface area contributed by atoms with Gasteiger partial charge in [-0.1, -0.05) is 206 Å². The fourth-order valence-electron chi connectivity index (χ4n) is 15.9. The molecule has 4 amide bonds. The summed E-state index contributed by atoms with van der Waals surface area (Å²) in [5, 5.41) is 28.3. The van der Waals surface area contributed by atoms with Gasteiger partial charge in [0.15, 0.2) is 29.0 Å². The molecule has 0 aliphatic carbocycles. The highest BCUT2D eigenvalue weighted by Gasteiger charge is 2.38. The molecule has 11 heterocycles. The molecule has 127 heavy (non-hydrogen) atoms. The molecule has 4 aliphatic heterocycles. The number of rotatable bonds is 19. The fraction of sp³-hybridized carbons (Fsp3) is 0.232. The quantitative estimate of drug-likeness (QED) is 0.0726. The van der Waals surface area contributed by atoms with E-state index in [1.54, 1.807) is 105 Å². The van der Waals surface area contributed by atoms with Crippen molar-refractivity contribution in [3.05, 3.63) is 327 Å². The SMILES string of the molecule is CC(C)c1ccccc1-c1ncc2c(n1)N(Cc1ccc(-n3ccc(C(F)(F)F)n3)cc1)C(=O)C2.CC(C)c1ccccc1-c1ncc2c(n1)N(Cc1ccc(C#N)cc1)C(=O)C2.CC(C)c1ccccc1-c1ncc2c(n1)N([C@H](C)c1ccc(-n3ccnn3)cc1)C(=O)C2.Cc1nnc(-c2ccc(CN3C(=O)Cc4cnc(-c5ccccc5C(C)C)nc43)cc2)o1. The molecule has 0 fully saturated rings. The van der Waals surface area contributed by atoms with Gasteiger partial charge in [0.05, 0.1) is 86.8 Å². The van der Waals surface area contributed by atoms with E-state index in [9.17, 15) is 32.3 Å². The molecule has 0 unspecified atom stereocenters. The minimum Gasteiger partial charge on any atom is -0.421 e. The second-order valence-corrected chi connectivity index (χ2v) is 32.6. The van der Waals surface area contributed by atoms with Crippen molar-refractivity contribution in [2.75, 3.05) is 19.6 Å². The molecule has 0 bridgehead atoms. The first-order valence-corrected chi connectivity index (χ1v) is 41.9. The molecule has 0 N–H and O–H groups in total. The summed E-state index contributed by atoms with van der Waals surface area (Å²) in [6.07, 6.45) is 8.47. The van der Waals surface area contributed by atoms with E-state index in [4.69, 9.17) is 29.6 Å². The lowest BCUT2D eigenvalue weighted by Gasteiger charge is -2.25. The van der Waals surface area contributed by atoms with Crippen molar-refractivity contribution in [3.63, 3.8) is 0 Å². The summed E-state index contributed by atoms with van der Waals surface area (Å²) in [6, 6.07) is 65.3. The number of carbonyl (C=O) groups excluding carboxylic acids is 4. The van der Waals surface area contributed by atoms with Crippen LogP contribution in [0.1, 0.15) is 176 Å². The normalized spacial score (nSPS) is 13.4. The predicted molar refractivity (Wildman–Crippen MR) is 476 cm³/mol. The van der Waals surface area contributed by atoms with Gasteiger partial charge in [-0.25, -0.2) is 49.2 Å². The maximum absolute atomic E-state index is 13.0. The van der Waals surface area contributed by atoms with Gasteiger partial charge in [-0.15, -0.1) is 15.3 Å². The molecular formula is C99H89F3N20O5. The molecule has 4 aliphatic rings. The Kier molecular flexibility index (Phi) is 24.6. The molecule has 0 saturated carbocycles. The maximum Gasteiger partial charge on any atom is 0.435 e. The van der Waals surface area contributed by atoms with Gasteiger partial charge in [-0.05, 0) is 130 Å². The van der Waals surface area contributed by atoms with Crippen molar-refractivity contribution < 1.29 is 36.8 Å². The maximum atomic E-state index is 13.0. The van der Waals surface area contributed by atoms with Crippen LogP contribution >= 0.6 is 0 Å². The van der Waals surface area contributed by atoms with Crippen LogP contribution in [0.25, 0.3) is 68.4 Å². The molecule has 15 aromatic rings. The molecule has 0 radical (unpaired) electrons. The molecule has 8 aromatic carbocycles. The number of hydrogen-bond donors (Lipinski definition) is 0. The molecule has 19 rings (SSSR count). The number of hydrogen-bond acceptors (Lipinski definition) is 19. The number of halogens is 3. The van der Waals surface area contributed by atoms with Crippen LogP contribution < -0.4 is 19.6 Å². The monoisotopic (exact) mass is 1690 g/mol. The summed E-state index contributed by atoms with van der Waals surface area (Å²) in [5.41, 5.74) is 17.7. The first-order valence-electron chi connectivity index (χ1n) is 41.9. The van der Waals surface area contributed by atoms with Gasteiger partial charge >= 0.3 is 6.18 Å². The molecule has 25 nitrogen and oxygen atoms in total. The van der Waals surface area contributed by atoms with Gasteiger partial charge < -0.3 is 4.42 Å². The lowest BCUT2D eigenvalue weighted by molar-refractivity contribution is -0.141. The molecule has 0 saturated heterocycles. The van der Waals surface area contributed by atoms with Crippen LogP contribution in [-0.4, -0.2) is 98.5 Å². The van der Waals surface area contributed by atoms with Crippen molar-refractivity contribution in [2.24, 2.45) is 0 Å². The van der Waals surface area contributed by atoms with E-state index in [0.717, 1.165) is 89.6 Å². The van der Waals surface area contributed by atoms with Crippen LogP contribution in [0.3, 0.4) is 0 Å². The molecule has 28 heteroatoms. The van der Waals surface area contributed by atoms with Crippen LogP contribution in [0, 0.1) is 18.3 Å². The van der Waals surface area contributed by atoms with Crippen molar-refractivity contribution in [2.45, 2.75) is 150 Å². The zero-order valence-electron chi connectivity index (χ0n) is 71.5. The number of nitrogens with zero attached hydrogens (tertiary/aromatic N) is 20. The number of aromatic nitrogens is 15. The number of nitriles is 1. The molecule has 7 aromatic heterocycles. The lowest BCUT2D eigenvalue weighted by Crippen LogP contribution is -2.30. The first-order chi connectivity index (χ1) is 61.3. The molecule has 636 valence electrons. The zero-order chi connectivity index (χ0) is 88.9. The molecule has 0 spiro atoms. The molecule has 1 atom stereocenters. The Labute approximate surface area is 731 Å². The van der Waals surface area contributed by atoms with E-state index in [1.807, 2.05) is 140 Å². The number of carbonyl (C=O) groups is 4. The zero-order valence-corrected chi connectivity index (χ0v) is 71.5. The van der Waals surface area contributed by atoms with Gasteiger partial charge in [0.2, 0.25) is 35.4 Å². The largest absolute Gasteiger partial charge is 0.435 e. The van der Waals surface area contributed by atoms with Gasteiger partial charge in [-0.3, -0.25) is 38.8 Å². The van der Waals surface area contributed by atoms with Gasteiger partial charge in [-0.2, -0.15) is 23.5 Å².